The fraction of sp³-hybridized carbons (Fsp3) is 0.364. The minimum atomic E-state index is -0.761. The number of aliphatic imine (C=N–C) groups is 1. The summed E-state index contributed by atoms with van der Waals surface area (Å²) in [4.78, 5) is 3.91. The van der Waals surface area contributed by atoms with Gasteiger partial charge in [0.2, 0.25) is 0 Å². The summed E-state index contributed by atoms with van der Waals surface area (Å²) in [6.45, 7) is 3.72. The monoisotopic (exact) mass is 227 g/mol. The molecule has 82 valence electrons. The molecule has 0 aliphatic carbocycles. The van der Waals surface area contributed by atoms with E-state index in [1.807, 2.05) is 13.8 Å². The van der Waals surface area contributed by atoms with Crippen LogP contribution in [0.1, 0.15) is 19.4 Å². The summed E-state index contributed by atoms with van der Waals surface area (Å²) in [5.41, 5.74) is 0.502. The highest BCUT2D eigenvalue weighted by Gasteiger charge is 2.05. The number of halogens is 1. The SMILES string of the molecule is CC(C)C(O)N=Cc1cc(Cl)ccc1O. The van der Waals surface area contributed by atoms with Crippen molar-refractivity contribution in [3.63, 3.8) is 0 Å². The van der Waals surface area contributed by atoms with Crippen LogP contribution in [0.15, 0.2) is 23.2 Å². The maximum absolute atomic E-state index is 9.45. The number of phenolic OH excluding ortho intramolecular Hbond substituents is 1. The van der Waals surface area contributed by atoms with Gasteiger partial charge >= 0.3 is 0 Å². The molecule has 1 unspecified atom stereocenters. The molecule has 4 heteroatoms. The molecule has 0 saturated carbocycles. The molecular formula is C11H14ClNO2. The van der Waals surface area contributed by atoms with Crippen molar-refractivity contribution in [2.75, 3.05) is 0 Å². The van der Waals surface area contributed by atoms with E-state index in [-0.39, 0.29) is 11.7 Å². The smallest absolute Gasteiger partial charge is 0.147 e. The maximum atomic E-state index is 9.45. The van der Waals surface area contributed by atoms with Gasteiger partial charge in [-0.15, -0.1) is 0 Å². The second-order valence-electron chi connectivity index (χ2n) is 3.64. The molecule has 15 heavy (non-hydrogen) atoms. The molecule has 0 saturated heterocycles. The van der Waals surface area contributed by atoms with Gasteiger partial charge in [0.15, 0.2) is 0 Å². The fourth-order valence-electron chi connectivity index (χ4n) is 0.958. The fourth-order valence-corrected chi connectivity index (χ4v) is 1.14. The van der Waals surface area contributed by atoms with E-state index in [1.165, 1.54) is 12.3 Å². The summed E-state index contributed by atoms with van der Waals surface area (Å²) >= 11 is 5.76. The van der Waals surface area contributed by atoms with Gasteiger partial charge in [0, 0.05) is 16.8 Å². The maximum Gasteiger partial charge on any atom is 0.147 e. The molecule has 1 aromatic rings. The third-order valence-electron chi connectivity index (χ3n) is 1.95. The van der Waals surface area contributed by atoms with Crippen LogP contribution in [0.2, 0.25) is 5.02 Å². The van der Waals surface area contributed by atoms with E-state index in [4.69, 9.17) is 11.6 Å². The molecular weight excluding hydrogens is 214 g/mol. The first kappa shape index (κ1) is 12.0. The van der Waals surface area contributed by atoms with Gasteiger partial charge in [0.1, 0.15) is 12.0 Å². The Morgan fingerprint density at radius 2 is 2.07 bits per heavy atom. The lowest BCUT2D eigenvalue weighted by atomic mass is 10.2. The van der Waals surface area contributed by atoms with E-state index < -0.39 is 6.23 Å². The van der Waals surface area contributed by atoms with Crippen molar-refractivity contribution < 1.29 is 10.2 Å². The molecule has 1 rings (SSSR count). The highest BCUT2D eigenvalue weighted by atomic mass is 35.5. The summed E-state index contributed by atoms with van der Waals surface area (Å²) in [5, 5.41) is 19.4. The first-order valence-electron chi connectivity index (χ1n) is 4.70. The van der Waals surface area contributed by atoms with E-state index in [9.17, 15) is 10.2 Å². The van der Waals surface area contributed by atoms with Gasteiger partial charge in [0.25, 0.3) is 0 Å². The van der Waals surface area contributed by atoms with Crippen molar-refractivity contribution in [3.05, 3.63) is 28.8 Å². The predicted octanol–water partition coefficient (Wildman–Crippen LogP) is 2.44. The Balaban J connectivity index is 2.84. The number of aromatic hydroxyl groups is 1. The van der Waals surface area contributed by atoms with Crippen molar-refractivity contribution in [1.29, 1.82) is 0 Å². The largest absolute Gasteiger partial charge is 0.507 e. The van der Waals surface area contributed by atoms with Crippen molar-refractivity contribution >= 4 is 17.8 Å². The molecule has 0 aliphatic heterocycles. The predicted molar refractivity (Wildman–Crippen MR) is 61.6 cm³/mol. The van der Waals surface area contributed by atoms with Crippen molar-refractivity contribution in [3.8, 4) is 5.75 Å². The number of nitrogens with zero attached hydrogens (tertiary/aromatic N) is 1. The highest BCUT2D eigenvalue weighted by molar-refractivity contribution is 6.30. The van der Waals surface area contributed by atoms with Gasteiger partial charge in [0.05, 0.1) is 0 Å². The Hall–Kier alpha value is -1.06. The van der Waals surface area contributed by atoms with Gasteiger partial charge < -0.3 is 10.2 Å². The second-order valence-corrected chi connectivity index (χ2v) is 4.08. The van der Waals surface area contributed by atoms with Gasteiger partial charge in [-0.3, -0.25) is 4.99 Å². The summed E-state index contributed by atoms with van der Waals surface area (Å²) in [5.74, 6) is 0.140. The minimum absolute atomic E-state index is 0.0441. The zero-order chi connectivity index (χ0) is 11.4. The summed E-state index contributed by atoms with van der Waals surface area (Å²) < 4.78 is 0. The van der Waals surface area contributed by atoms with Crippen LogP contribution in [0.3, 0.4) is 0 Å². The van der Waals surface area contributed by atoms with Crippen LogP contribution < -0.4 is 0 Å². The lowest BCUT2D eigenvalue weighted by Crippen LogP contribution is -2.11. The molecule has 1 atom stereocenters. The van der Waals surface area contributed by atoms with Crippen LogP contribution >= 0.6 is 11.6 Å². The average Bonchev–Trinajstić information content (AvgIpc) is 2.18. The molecule has 0 fully saturated rings. The topological polar surface area (TPSA) is 52.8 Å². The minimum Gasteiger partial charge on any atom is -0.507 e. The van der Waals surface area contributed by atoms with Gasteiger partial charge in [-0.1, -0.05) is 25.4 Å². The van der Waals surface area contributed by atoms with Gasteiger partial charge in [-0.05, 0) is 24.1 Å². The van der Waals surface area contributed by atoms with Crippen LogP contribution in [0.4, 0.5) is 0 Å². The summed E-state index contributed by atoms with van der Waals surface area (Å²) in [7, 11) is 0. The van der Waals surface area contributed by atoms with E-state index in [0.717, 1.165) is 0 Å². The molecule has 2 N–H and O–H groups in total. The first-order chi connectivity index (χ1) is 7.00. The van der Waals surface area contributed by atoms with E-state index in [2.05, 4.69) is 4.99 Å². The lowest BCUT2D eigenvalue weighted by molar-refractivity contribution is 0.135. The molecule has 3 nitrogen and oxygen atoms in total. The Kier molecular flexibility index (Phi) is 4.12. The second kappa shape index (κ2) is 5.14. The number of phenols is 1. The summed E-state index contributed by atoms with van der Waals surface area (Å²) in [6, 6.07) is 4.67. The van der Waals surface area contributed by atoms with E-state index in [0.29, 0.717) is 10.6 Å². The van der Waals surface area contributed by atoms with Gasteiger partial charge in [-0.25, -0.2) is 0 Å². The number of aliphatic hydroxyl groups excluding tert-OH is 1. The average molecular weight is 228 g/mol. The van der Waals surface area contributed by atoms with Crippen molar-refractivity contribution in [2.24, 2.45) is 10.9 Å². The lowest BCUT2D eigenvalue weighted by Gasteiger charge is -2.08. The zero-order valence-electron chi connectivity index (χ0n) is 8.68. The van der Waals surface area contributed by atoms with Gasteiger partial charge in [-0.2, -0.15) is 0 Å². The molecule has 0 aliphatic rings. The van der Waals surface area contributed by atoms with Crippen LogP contribution in [0.25, 0.3) is 0 Å². The highest BCUT2D eigenvalue weighted by Crippen LogP contribution is 2.19. The van der Waals surface area contributed by atoms with E-state index in [1.54, 1.807) is 12.1 Å². The Bertz CT molecular complexity index is 364. The molecule has 0 aromatic heterocycles. The van der Waals surface area contributed by atoms with Crippen molar-refractivity contribution in [1.82, 2.24) is 0 Å². The zero-order valence-corrected chi connectivity index (χ0v) is 9.44. The Labute approximate surface area is 94.0 Å². The third kappa shape index (κ3) is 3.53. The number of hydrogen-bond acceptors (Lipinski definition) is 3. The Morgan fingerprint density at radius 3 is 2.67 bits per heavy atom. The standard InChI is InChI=1S/C11H14ClNO2/c1-7(2)11(15)13-6-8-5-9(12)3-4-10(8)14/h3-7,11,14-15H,1-2H3. The number of rotatable bonds is 3. The third-order valence-corrected chi connectivity index (χ3v) is 2.19. The molecule has 0 heterocycles. The quantitative estimate of drug-likeness (QED) is 0.780. The molecule has 0 amide bonds. The molecule has 1 aromatic carbocycles. The number of aliphatic hydroxyl groups is 1. The number of hydrogen-bond donors (Lipinski definition) is 2. The van der Waals surface area contributed by atoms with Crippen LogP contribution in [0.5, 0.6) is 5.75 Å². The molecule has 0 bridgehead atoms. The Morgan fingerprint density at radius 1 is 1.40 bits per heavy atom. The normalized spacial score (nSPS) is 13.7. The molecule has 0 radical (unpaired) electrons. The van der Waals surface area contributed by atoms with Crippen molar-refractivity contribution in [2.45, 2.75) is 20.1 Å². The van der Waals surface area contributed by atoms with Crippen LogP contribution in [-0.4, -0.2) is 22.7 Å². The number of benzene rings is 1. The summed E-state index contributed by atoms with van der Waals surface area (Å²) in [6.07, 6.45) is 0.662. The van der Waals surface area contributed by atoms with E-state index >= 15 is 0 Å². The molecule has 0 spiro atoms. The van der Waals surface area contributed by atoms with Crippen LogP contribution in [0, 0.1) is 5.92 Å². The van der Waals surface area contributed by atoms with Crippen LogP contribution in [-0.2, 0) is 0 Å². The first-order valence-corrected chi connectivity index (χ1v) is 5.08.